The highest BCUT2D eigenvalue weighted by atomic mass is 35.5. The molecule has 0 spiro atoms. The largest absolute Gasteiger partial charge is 0.489 e. The Hall–Kier alpha value is -2.27. The molecule has 1 heterocycles. The lowest BCUT2D eigenvalue weighted by molar-refractivity contribution is -0.115. The van der Waals surface area contributed by atoms with E-state index in [-0.39, 0.29) is 18.4 Å². The summed E-state index contributed by atoms with van der Waals surface area (Å²) in [5.74, 6) is 0.417. The van der Waals surface area contributed by atoms with Crippen molar-refractivity contribution in [1.29, 1.82) is 0 Å². The van der Waals surface area contributed by atoms with E-state index in [1.165, 1.54) is 6.20 Å². The van der Waals surface area contributed by atoms with Crippen LogP contribution >= 0.6 is 11.6 Å². The molecule has 0 unspecified atom stereocenters. The van der Waals surface area contributed by atoms with Gasteiger partial charge in [0, 0.05) is 11.4 Å². The molecule has 0 bridgehead atoms. The number of anilines is 2. The van der Waals surface area contributed by atoms with Gasteiger partial charge in [-0.05, 0) is 44.2 Å². The molecule has 1 aromatic carbocycles. The van der Waals surface area contributed by atoms with Crippen LogP contribution in [-0.2, 0) is 11.2 Å². The molecule has 2 aromatic rings. The number of carbonyl (C=O) groups is 1. The number of ether oxygens (including phenoxy) is 1. The number of nitrogens with one attached hydrogen (secondary N) is 1. The first-order valence-corrected chi connectivity index (χ1v) is 7.28. The number of amides is 1. The SMILES string of the molecule is CC(C)Oc1ccc(NC(=O)Cc2ccc(N)cn2)cc1Cl. The quantitative estimate of drug-likeness (QED) is 0.886. The van der Waals surface area contributed by atoms with E-state index in [1.807, 2.05) is 13.8 Å². The third kappa shape index (κ3) is 4.63. The van der Waals surface area contributed by atoms with E-state index in [1.54, 1.807) is 30.3 Å². The Kier molecular flexibility index (Phi) is 5.22. The molecule has 0 aliphatic heterocycles. The molecule has 3 N–H and O–H groups in total. The summed E-state index contributed by atoms with van der Waals surface area (Å²) in [4.78, 5) is 16.1. The second-order valence-corrected chi connectivity index (χ2v) is 5.53. The third-order valence-electron chi connectivity index (χ3n) is 2.77. The Morgan fingerprint density at radius 2 is 2.14 bits per heavy atom. The van der Waals surface area contributed by atoms with Crippen molar-refractivity contribution in [2.75, 3.05) is 11.1 Å². The second kappa shape index (κ2) is 7.13. The summed E-state index contributed by atoms with van der Waals surface area (Å²) in [5.41, 5.74) is 7.39. The molecule has 0 aliphatic rings. The monoisotopic (exact) mass is 319 g/mol. The number of nitrogen functional groups attached to an aromatic ring is 1. The summed E-state index contributed by atoms with van der Waals surface area (Å²) >= 11 is 6.13. The van der Waals surface area contributed by atoms with Gasteiger partial charge in [-0.25, -0.2) is 0 Å². The van der Waals surface area contributed by atoms with E-state index >= 15 is 0 Å². The van der Waals surface area contributed by atoms with Crippen LogP contribution in [-0.4, -0.2) is 17.0 Å². The predicted octanol–water partition coefficient (Wildman–Crippen LogP) is 3.29. The maximum absolute atomic E-state index is 12.0. The first-order chi connectivity index (χ1) is 10.4. The van der Waals surface area contributed by atoms with Crippen LogP contribution in [0.3, 0.4) is 0 Å². The lowest BCUT2D eigenvalue weighted by Gasteiger charge is -2.12. The average molecular weight is 320 g/mol. The van der Waals surface area contributed by atoms with Gasteiger partial charge < -0.3 is 15.8 Å². The van der Waals surface area contributed by atoms with E-state index in [0.717, 1.165) is 0 Å². The van der Waals surface area contributed by atoms with Crippen molar-refractivity contribution < 1.29 is 9.53 Å². The van der Waals surface area contributed by atoms with Gasteiger partial charge in [0.2, 0.25) is 5.91 Å². The molecule has 5 nitrogen and oxygen atoms in total. The summed E-state index contributed by atoms with van der Waals surface area (Å²) in [6.07, 6.45) is 1.73. The van der Waals surface area contributed by atoms with E-state index in [2.05, 4.69) is 10.3 Å². The van der Waals surface area contributed by atoms with Crippen LogP contribution in [0.15, 0.2) is 36.5 Å². The molecule has 0 fully saturated rings. The van der Waals surface area contributed by atoms with Gasteiger partial charge in [-0.1, -0.05) is 11.6 Å². The zero-order valence-electron chi connectivity index (χ0n) is 12.5. The van der Waals surface area contributed by atoms with Gasteiger partial charge in [-0.3, -0.25) is 9.78 Å². The van der Waals surface area contributed by atoms with Crippen LogP contribution in [0, 0.1) is 0 Å². The maximum Gasteiger partial charge on any atom is 0.230 e. The Labute approximate surface area is 134 Å². The summed E-state index contributed by atoms with van der Waals surface area (Å²) in [6, 6.07) is 8.58. The fourth-order valence-corrected chi connectivity index (χ4v) is 2.06. The fraction of sp³-hybridized carbons (Fsp3) is 0.250. The van der Waals surface area contributed by atoms with Crippen molar-refractivity contribution in [3.05, 3.63) is 47.2 Å². The Balaban J connectivity index is 1.99. The molecule has 116 valence electrons. The third-order valence-corrected chi connectivity index (χ3v) is 3.06. The molecule has 0 saturated heterocycles. The molecule has 0 aliphatic carbocycles. The van der Waals surface area contributed by atoms with E-state index < -0.39 is 0 Å². The van der Waals surface area contributed by atoms with Crippen molar-refractivity contribution in [2.45, 2.75) is 26.4 Å². The van der Waals surface area contributed by atoms with Gasteiger partial charge in [0.1, 0.15) is 5.75 Å². The minimum absolute atomic E-state index is 0.0366. The Morgan fingerprint density at radius 3 is 2.73 bits per heavy atom. The van der Waals surface area contributed by atoms with Crippen molar-refractivity contribution in [1.82, 2.24) is 4.98 Å². The van der Waals surface area contributed by atoms with Gasteiger partial charge in [-0.2, -0.15) is 0 Å². The highest BCUT2D eigenvalue weighted by molar-refractivity contribution is 6.32. The molecule has 0 saturated carbocycles. The van der Waals surface area contributed by atoms with Gasteiger partial charge >= 0.3 is 0 Å². The number of nitrogens with two attached hydrogens (primary N) is 1. The van der Waals surface area contributed by atoms with E-state index in [0.29, 0.717) is 27.8 Å². The molecule has 2 rings (SSSR count). The van der Waals surface area contributed by atoms with Gasteiger partial charge in [0.15, 0.2) is 0 Å². The first-order valence-electron chi connectivity index (χ1n) is 6.90. The molecule has 0 radical (unpaired) electrons. The van der Waals surface area contributed by atoms with Crippen molar-refractivity contribution >= 4 is 28.9 Å². The zero-order chi connectivity index (χ0) is 16.1. The number of aromatic nitrogens is 1. The van der Waals surface area contributed by atoms with Gasteiger partial charge in [0.05, 0.1) is 29.4 Å². The Bertz CT molecular complexity index is 657. The second-order valence-electron chi connectivity index (χ2n) is 5.12. The fourth-order valence-electron chi connectivity index (χ4n) is 1.84. The highest BCUT2D eigenvalue weighted by Gasteiger charge is 2.08. The number of carbonyl (C=O) groups excluding carboxylic acids is 1. The summed E-state index contributed by atoms with van der Waals surface area (Å²) in [6.45, 7) is 3.84. The lowest BCUT2D eigenvalue weighted by Crippen LogP contribution is -2.15. The van der Waals surface area contributed by atoms with Gasteiger partial charge in [-0.15, -0.1) is 0 Å². The van der Waals surface area contributed by atoms with Crippen LogP contribution in [0.4, 0.5) is 11.4 Å². The smallest absolute Gasteiger partial charge is 0.230 e. The number of pyridine rings is 1. The van der Waals surface area contributed by atoms with Crippen molar-refractivity contribution in [3.63, 3.8) is 0 Å². The molecule has 0 atom stereocenters. The summed E-state index contributed by atoms with van der Waals surface area (Å²) < 4.78 is 5.55. The maximum atomic E-state index is 12.0. The normalized spacial score (nSPS) is 10.5. The standard InChI is InChI=1S/C16H18ClN3O2/c1-10(2)22-15-6-5-13(7-14(15)17)20-16(21)8-12-4-3-11(18)9-19-12/h3-7,9-10H,8,18H2,1-2H3,(H,20,21). The minimum atomic E-state index is -0.175. The number of hydrogen-bond donors (Lipinski definition) is 2. The topological polar surface area (TPSA) is 77.2 Å². The van der Waals surface area contributed by atoms with E-state index in [4.69, 9.17) is 22.1 Å². The van der Waals surface area contributed by atoms with Crippen molar-refractivity contribution in [2.24, 2.45) is 0 Å². The van der Waals surface area contributed by atoms with Crippen LogP contribution in [0.5, 0.6) is 5.75 Å². The lowest BCUT2D eigenvalue weighted by atomic mass is 10.2. The average Bonchev–Trinajstić information content (AvgIpc) is 2.44. The van der Waals surface area contributed by atoms with Gasteiger partial charge in [0.25, 0.3) is 0 Å². The number of nitrogens with zero attached hydrogens (tertiary/aromatic N) is 1. The molecule has 6 heteroatoms. The molecular weight excluding hydrogens is 302 g/mol. The minimum Gasteiger partial charge on any atom is -0.489 e. The molecule has 1 amide bonds. The van der Waals surface area contributed by atoms with E-state index in [9.17, 15) is 4.79 Å². The van der Waals surface area contributed by atoms with Crippen LogP contribution in [0.1, 0.15) is 19.5 Å². The van der Waals surface area contributed by atoms with Crippen LogP contribution < -0.4 is 15.8 Å². The van der Waals surface area contributed by atoms with Crippen LogP contribution in [0.2, 0.25) is 5.02 Å². The molecule has 22 heavy (non-hydrogen) atoms. The number of rotatable bonds is 5. The number of hydrogen-bond acceptors (Lipinski definition) is 4. The van der Waals surface area contributed by atoms with Crippen molar-refractivity contribution in [3.8, 4) is 5.75 Å². The number of benzene rings is 1. The molecule has 1 aromatic heterocycles. The Morgan fingerprint density at radius 1 is 1.36 bits per heavy atom. The number of halogens is 1. The summed E-state index contributed by atoms with van der Waals surface area (Å²) in [5, 5.41) is 3.23. The predicted molar refractivity (Wildman–Crippen MR) is 88.2 cm³/mol. The first kappa shape index (κ1) is 16.1. The zero-order valence-corrected chi connectivity index (χ0v) is 13.2. The van der Waals surface area contributed by atoms with Crippen LogP contribution in [0.25, 0.3) is 0 Å². The summed E-state index contributed by atoms with van der Waals surface area (Å²) in [7, 11) is 0. The molecular formula is C16H18ClN3O2. The highest BCUT2D eigenvalue weighted by Crippen LogP contribution is 2.28.